The third kappa shape index (κ3) is 2.29. The lowest BCUT2D eigenvalue weighted by Gasteiger charge is -2.14. The second kappa shape index (κ2) is 5.66. The fraction of sp³-hybridized carbons (Fsp3) is 0.294. The van der Waals surface area contributed by atoms with Gasteiger partial charge in [-0.1, -0.05) is 37.3 Å². The molecule has 0 saturated heterocycles. The Labute approximate surface area is 127 Å². The van der Waals surface area contributed by atoms with Gasteiger partial charge >= 0.3 is 0 Å². The Hall–Kier alpha value is -1.19. The average molecular weight is 334 g/mol. The van der Waals surface area contributed by atoms with Gasteiger partial charge in [-0.05, 0) is 58.1 Å². The minimum atomic E-state index is -0.173. The molecule has 0 radical (unpaired) electrons. The van der Waals surface area contributed by atoms with Crippen molar-refractivity contribution in [2.75, 3.05) is 6.54 Å². The van der Waals surface area contributed by atoms with Crippen LogP contribution in [-0.2, 0) is 6.42 Å². The Morgan fingerprint density at radius 2 is 1.95 bits per heavy atom. The molecule has 3 heteroatoms. The SMILES string of the molecule is CCNC1CCc2c(-c3cccc(Br)c3F)cccc21. The summed E-state index contributed by atoms with van der Waals surface area (Å²) in [5, 5.41) is 3.50. The Morgan fingerprint density at radius 3 is 2.75 bits per heavy atom. The number of hydrogen-bond acceptors (Lipinski definition) is 1. The van der Waals surface area contributed by atoms with Crippen molar-refractivity contribution in [2.45, 2.75) is 25.8 Å². The number of nitrogens with one attached hydrogen (secondary N) is 1. The van der Waals surface area contributed by atoms with Gasteiger partial charge in [0.05, 0.1) is 4.47 Å². The molecule has 0 spiro atoms. The predicted molar refractivity (Wildman–Crippen MR) is 84.3 cm³/mol. The zero-order valence-corrected chi connectivity index (χ0v) is 13.0. The number of fused-ring (bicyclic) bond motifs is 1. The molecule has 1 nitrogen and oxygen atoms in total. The maximum Gasteiger partial charge on any atom is 0.145 e. The van der Waals surface area contributed by atoms with Gasteiger partial charge in [-0.15, -0.1) is 0 Å². The van der Waals surface area contributed by atoms with Crippen LogP contribution in [0.25, 0.3) is 11.1 Å². The van der Waals surface area contributed by atoms with Gasteiger partial charge in [0.15, 0.2) is 0 Å². The summed E-state index contributed by atoms with van der Waals surface area (Å²) in [6, 6.07) is 12.1. The molecule has 2 aromatic rings. The summed E-state index contributed by atoms with van der Waals surface area (Å²) in [7, 11) is 0. The molecule has 2 aromatic carbocycles. The van der Waals surface area contributed by atoms with Crippen LogP contribution in [0.1, 0.15) is 30.5 Å². The van der Waals surface area contributed by atoms with Crippen LogP contribution >= 0.6 is 15.9 Å². The first-order chi connectivity index (χ1) is 9.72. The van der Waals surface area contributed by atoms with Crippen molar-refractivity contribution in [3.63, 3.8) is 0 Å². The summed E-state index contributed by atoms with van der Waals surface area (Å²) >= 11 is 3.27. The Kier molecular flexibility index (Phi) is 3.90. The summed E-state index contributed by atoms with van der Waals surface area (Å²) < 4.78 is 14.9. The van der Waals surface area contributed by atoms with Crippen molar-refractivity contribution in [3.05, 3.63) is 57.8 Å². The van der Waals surface area contributed by atoms with Crippen molar-refractivity contribution in [3.8, 4) is 11.1 Å². The molecule has 0 amide bonds. The molecule has 1 N–H and O–H groups in total. The van der Waals surface area contributed by atoms with Gasteiger partial charge in [0.2, 0.25) is 0 Å². The van der Waals surface area contributed by atoms with Crippen LogP contribution in [0.5, 0.6) is 0 Å². The number of benzene rings is 2. The molecule has 1 aliphatic rings. The van der Waals surface area contributed by atoms with E-state index in [0.29, 0.717) is 16.1 Å². The first-order valence-corrected chi connectivity index (χ1v) is 7.81. The predicted octanol–water partition coefficient (Wildman–Crippen LogP) is 4.85. The monoisotopic (exact) mass is 333 g/mol. The molecule has 104 valence electrons. The fourth-order valence-electron chi connectivity index (χ4n) is 3.08. The minimum absolute atomic E-state index is 0.173. The summed E-state index contributed by atoms with van der Waals surface area (Å²) in [5.74, 6) is -0.173. The van der Waals surface area contributed by atoms with Crippen molar-refractivity contribution in [1.82, 2.24) is 5.32 Å². The second-order valence-corrected chi connectivity index (χ2v) is 5.98. The van der Waals surface area contributed by atoms with Crippen LogP contribution in [0.2, 0.25) is 0 Å². The molecule has 0 saturated carbocycles. The molecule has 1 aliphatic carbocycles. The summed E-state index contributed by atoms with van der Waals surface area (Å²) in [5.41, 5.74) is 4.33. The highest BCUT2D eigenvalue weighted by Gasteiger charge is 2.25. The molecular weight excluding hydrogens is 317 g/mol. The van der Waals surface area contributed by atoms with Gasteiger partial charge in [-0.3, -0.25) is 0 Å². The lowest BCUT2D eigenvalue weighted by Crippen LogP contribution is -2.18. The maximum absolute atomic E-state index is 14.3. The zero-order chi connectivity index (χ0) is 14.1. The molecular formula is C17H17BrFN. The van der Waals surface area contributed by atoms with Crippen molar-refractivity contribution < 1.29 is 4.39 Å². The van der Waals surface area contributed by atoms with Gasteiger partial charge < -0.3 is 5.32 Å². The van der Waals surface area contributed by atoms with Gasteiger partial charge in [0.25, 0.3) is 0 Å². The van der Waals surface area contributed by atoms with E-state index in [2.05, 4.69) is 34.2 Å². The highest BCUT2D eigenvalue weighted by atomic mass is 79.9. The van der Waals surface area contributed by atoms with Crippen molar-refractivity contribution >= 4 is 15.9 Å². The van der Waals surface area contributed by atoms with E-state index in [1.54, 1.807) is 6.07 Å². The highest BCUT2D eigenvalue weighted by molar-refractivity contribution is 9.10. The quantitative estimate of drug-likeness (QED) is 0.846. The van der Waals surface area contributed by atoms with Crippen molar-refractivity contribution in [1.29, 1.82) is 0 Å². The fourth-order valence-corrected chi connectivity index (χ4v) is 3.44. The highest BCUT2D eigenvalue weighted by Crippen LogP contribution is 2.39. The number of hydrogen-bond donors (Lipinski definition) is 1. The minimum Gasteiger partial charge on any atom is -0.310 e. The Morgan fingerprint density at radius 1 is 1.20 bits per heavy atom. The van der Waals surface area contributed by atoms with Crippen LogP contribution in [0, 0.1) is 5.82 Å². The molecule has 1 atom stereocenters. The van der Waals surface area contributed by atoms with Crippen LogP contribution < -0.4 is 5.32 Å². The van der Waals surface area contributed by atoms with E-state index in [9.17, 15) is 4.39 Å². The number of halogens is 2. The van der Waals surface area contributed by atoms with E-state index in [-0.39, 0.29) is 5.82 Å². The van der Waals surface area contributed by atoms with Gasteiger partial charge in [-0.2, -0.15) is 0 Å². The van der Waals surface area contributed by atoms with E-state index in [4.69, 9.17) is 0 Å². The molecule has 1 unspecified atom stereocenters. The third-order valence-corrected chi connectivity index (χ3v) is 4.58. The van der Waals surface area contributed by atoms with Gasteiger partial charge in [0, 0.05) is 11.6 Å². The Bertz CT molecular complexity index is 639. The molecule has 3 rings (SSSR count). The second-order valence-electron chi connectivity index (χ2n) is 5.12. The zero-order valence-electron chi connectivity index (χ0n) is 11.4. The molecule has 0 aromatic heterocycles. The topological polar surface area (TPSA) is 12.0 Å². The molecule has 0 aliphatic heterocycles. The van der Waals surface area contributed by atoms with Crippen LogP contribution in [0.3, 0.4) is 0 Å². The third-order valence-electron chi connectivity index (χ3n) is 3.96. The normalized spacial score (nSPS) is 17.2. The van der Waals surface area contributed by atoms with E-state index < -0.39 is 0 Å². The van der Waals surface area contributed by atoms with Gasteiger partial charge in [-0.25, -0.2) is 4.39 Å². The number of rotatable bonds is 3. The maximum atomic E-state index is 14.3. The Balaban J connectivity index is 2.11. The van der Waals surface area contributed by atoms with Crippen LogP contribution in [-0.4, -0.2) is 6.54 Å². The summed E-state index contributed by atoms with van der Waals surface area (Å²) in [4.78, 5) is 0. The smallest absolute Gasteiger partial charge is 0.145 e. The van der Waals surface area contributed by atoms with Crippen LogP contribution in [0.15, 0.2) is 40.9 Å². The molecule has 20 heavy (non-hydrogen) atoms. The lowest BCUT2D eigenvalue weighted by molar-refractivity contribution is 0.549. The van der Waals surface area contributed by atoms with E-state index >= 15 is 0 Å². The summed E-state index contributed by atoms with van der Waals surface area (Å²) in [6.07, 6.45) is 2.10. The summed E-state index contributed by atoms with van der Waals surface area (Å²) in [6.45, 7) is 3.08. The van der Waals surface area contributed by atoms with E-state index in [1.165, 1.54) is 11.1 Å². The standard InChI is InChI=1S/C17H17BrFN/c1-2-20-16-10-9-12-11(5-3-6-13(12)16)14-7-4-8-15(18)17(14)19/h3-8,16,20H,2,9-10H2,1H3. The molecule has 0 heterocycles. The first-order valence-electron chi connectivity index (χ1n) is 7.02. The lowest BCUT2D eigenvalue weighted by atomic mass is 9.96. The largest absolute Gasteiger partial charge is 0.310 e. The molecule has 0 bridgehead atoms. The van der Waals surface area contributed by atoms with E-state index in [1.807, 2.05) is 24.3 Å². The van der Waals surface area contributed by atoms with Crippen molar-refractivity contribution in [2.24, 2.45) is 0 Å². The van der Waals surface area contributed by atoms with Gasteiger partial charge in [0.1, 0.15) is 5.82 Å². The average Bonchev–Trinajstić information content (AvgIpc) is 2.86. The molecule has 0 fully saturated rings. The first kappa shape index (κ1) is 13.8. The van der Waals surface area contributed by atoms with E-state index in [0.717, 1.165) is 24.9 Å². The van der Waals surface area contributed by atoms with Crippen LogP contribution in [0.4, 0.5) is 4.39 Å².